The minimum atomic E-state index is -1.70. The van der Waals surface area contributed by atoms with Gasteiger partial charge in [-0.3, -0.25) is 9.00 Å². The molecule has 1 atom stereocenters. The normalized spacial score (nSPS) is 12.2. The Balaban J connectivity index is 2.18. The van der Waals surface area contributed by atoms with Gasteiger partial charge in [0, 0.05) is 10.5 Å². The second-order valence-corrected chi connectivity index (χ2v) is 6.26. The summed E-state index contributed by atoms with van der Waals surface area (Å²) in [5.41, 5.74) is 2.34. The maximum absolute atomic E-state index is 13.1. The fourth-order valence-corrected chi connectivity index (χ4v) is 3.04. The summed E-state index contributed by atoms with van der Waals surface area (Å²) in [5, 5.41) is 0. The van der Waals surface area contributed by atoms with Crippen LogP contribution in [0.5, 0.6) is 0 Å². The van der Waals surface area contributed by atoms with Crippen molar-refractivity contribution in [3.8, 4) is 0 Å². The maximum Gasteiger partial charge on any atom is 0.175 e. The molecule has 0 fully saturated rings. The van der Waals surface area contributed by atoms with Crippen molar-refractivity contribution in [1.82, 2.24) is 0 Å². The first-order chi connectivity index (χ1) is 9.88. The lowest BCUT2D eigenvalue weighted by Crippen LogP contribution is -2.12. The number of hydrogen-bond donors (Lipinski definition) is 0. The number of carbonyl (C=O) groups is 1. The highest BCUT2D eigenvalue weighted by atomic mass is 32.2. The molecule has 0 aliphatic rings. The monoisotopic (exact) mass is 308 g/mol. The van der Waals surface area contributed by atoms with Gasteiger partial charge >= 0.3 is 0 Å². The van der Waals surface area contributed by atoms with Gasteiger partial charge in [0.2, 0.25) is 0 Å². The second-order valence-electron chi connectivity index (χ2n) is 4.81. The van der Waals surface area contributed by atoms with Gasteiger partial charge in [-0.25, -0.2) is 8.78 Å². The van der Waals surface area contributed by atoms with E-state index in [-0.39, 0.29) is 16.4 Å². The zero-order valence-corrected chi connectivity index (χ0v) is 12.5. The average molecular weight is 308 g/mol. The zero-order chi connectivity index (χ0) is 15.6. The Bertz CT molecular complexity index is 726. The molecule has 21 heavy (non-hydrogen) atoms. The summed E-state index contributed by atoms with van der Waals surface area (Å²) in [7, 11) is -1.70. The highest BCUT2D eigenvalue weighted by Gasteiger charge is 2.15. The molecular formula is C16H14F2O2S. The number of carbonyl (C=O) groups excluding carboxylic acids is 1. The fraction of sp³-hybridized carbons (Fsp3) is 0.188. The van der Waals surface area contributed by atoms with Crippen molar-refractivity contribution in [3.05, 3.63) is 64.7 Å². The van der Waals surface area contributed by atoms with Crippen LogP contribution in [0.4, 0.5) is 8.78 Å². The zero-order valence-electron chi connectivity index (χ0n) is 11.7. The SMILES string of the molecule is Cc1ccc(C(=O)CS(=O)c2ccc(F)c(F)c2)c(C)c1. The smallest absolute Gasteiger partial charge is 0.175 e. The van der Waals surface area contributed by atoms with Crippen LogP contribution in [0, 0.1) is 25.5 Å². The summed E-state index contributed by atoms with van der Waals surface area (Å²) in [6.07, 6.45) is 0. The van der Waals surface area contributed by atoms with Gasteiger partial charge in [-0.15, -0.1) is 0 Å². The van der Waals surface area contributed by atoms with Crippen molar-refractivity contribution in [2.75, 3.05) is 5.75 Å². The molecule has 2 nitrogen and oxygen atoms in total. The molecule has 1 unspecified atom stereocenters. The lowest BCUT2D eigenvalue weighted by molar-refractivity contribution is 0.102. The van der Waals surface area contributed by atoms with Gasteiger partial charge in [-0.05, 0) is 37.6 Å². The number of ketones is 1. The molecule has 0 amide bonds. The van der Waals surface area contributed by atoms with Gasteiger partial charge in [0.25, 0.3) is 0 Å². The molecule has 0 aliphatic heterocycles. The van der Waals surface area contributed by atoms with E-state index in [4.69, 9.17) is 0 Å². The molecule has 0 aliphatic carbocycles. The molecule has 5 heteroatoms. The van der Waals surface area contributed by atoms with Crippen LogP contribution >= 0.6 is 0 Å². The molecule has 2 aromatic carbocycles. The van der Waals surface area contributed by atoms with E-state index in [9.17, 15) is 17.8 Å². The minimum absolute atomic E-state index is 0.104. The summed E-state index contributed by atoms with van der Waals surface area (Å²) < 4.78 is 38.0. The van der Waals surface area contributed by atoms with Gasteiger partial charge in [0.05, 0.1) is 16.6 Å². The lowest BCUT2D eigenvalue weighted by atomic mass is 10.0. The summed E-state index contributed by atoms with van der Waals surface area (Å²) >= 11 is 0. The van der Waals surface area contributed by atoms with Crippen molar-refractivity contribution >= 4 is 16.6 Å². The third-order valence-corrected chi connectivity index (χ3v) is 4.40. The van der Waals surface area contributed by atoms with E-state index in [0.717, 1.165) is 23.3 Å². The lowest BCUT2D eigenvalue weighted by Gasteiger charge is -2.06. The largest absolute Gasteiger partial charge is 0.293 e. The number of benzene rings is 2. The van der Waals surface area contributed by atoms with E-state index in [0.29, 0.717) is 5.56 Å². The van der Waals surface area contributed by atoms with Crippen LogP contribution in [-0.2, 0) is 10.8 Å². The molecule has 0 radical (unpaired) electrons. The van der Waals surface area contributed by atoms with Gasteiger partial charge in [0.15, 0.2) is 17.4 Å². The molecule has 0 N–H and O–H groups in total. The Kier molecular flexibility index (Phi) is 4.63. The molecule has 110 valence electrons. The molecule has 0 saturated heterocycles. The third-order valence-electron chi connectivity index (χ3n) is 3.10. The second kappa shape index (κ2) is 6.26. The topological polar surface area (TPSA) is 34.1 Å². The molecule has 0 saturated carbocycles. The van der Waals surface area contributed by atoms with E-state index in [2.05, 4.69) is 0 Å². The molecule has 2 rings (SSSR count). The summed E-state index contributed by atoms with van der Waals surface area (Å²) in [6, 6.07) is 8.36. The Morgan fingerprint density at radius 3 is 2.38 bits per heavy atom. The Hall–Kier alpha value is -1.88. The molecule has 2 aromatic rings. The average Bonchev–Trinajstić information content (AvgIpc) is 2.41. The Morgan fingerprint density at radius 2 is 1.76 bits per heavy atom. The van der Waals surface area contributed by atoms with E-state index in [1.54, 1.807) is 19.1 Å². The van der Waals surface area contributed by atoms with Gasteiger partial charge in [-0.2, -0.15) is 0 Å². The van der Waals surface area contributed by atoms with Crippen molar-refractivity contribution < 1.29 is 17.8 Å². The number of hydrogen-bond acceptors (Lipinski definition) is 2. The summed E-state index contributed by atoms with van der Waals surface area (Å²) in [6.45, 7) is 3.72. The van der Waals surface area contributed by atoms with Crippen LogP contribution in [0.25, 0.3) is 0 Å². The van der Waals surface area contributed by atoms with Crippen molar-refractivity contribution in [2.24, 2.45) is 0 Å². The van der Waals surface area contributed by atoms with Crippen LogP contribution in [0.15, 0.2) is 41.3 Å². The first kappa shape index (κ1) is 15.5. The number of rotatable bonds is 4. The van der Waals surface area contributed by atoms with Crippen molar-refractivity contribution in [2.45, 2.75) is 18.7 Å². The third kappa shape index (κ3) is 3.61. The van der Waals surface area contributed by atoms with E-state index < -0.39 is 22.4 Å². The van der Waals surface area contributed by atoms with E-state index in [1.165, 1.54) is 6.07 Å². The highest BCUT2D eigenvalue weighted by molar-refractivity contribution is 7.85. The minimum Gasteiger partial charge on any atom is -0.293 e. The Morgan fingerprint density at radius 1 is 1.05 bits per heavy atom. The Labute approximate surface area is 124 Å². The predicted octanol–water partition coefficient (Wildman–Crippen LogP) is 3.57. The fourth-order valence-electron chi connectivity index (χ4n) is 2.03. The first-order valence-electron chi connectivity index (χ1n) is 6.32. The van der Waals surface area contributed by atoms with Crippen molar-refractivity contribution in [1.29, 1.82) is 0 Å². The standard InChI is InChI=1S/C16H14F2O2S/c1-10-3-5-13(11(2)7-10)16(19)9-21(20)12-4-6-14(17)15(18)8-12/h3-8H,9H2,1-2H3. The number of Topliss-reactive ketones (excluding diaryl/α,β-unsaturated/α-hetero) is 1. The van der Waals surface area contributed by atoms with E-state index in [1.807, 2.05) is 13.0 Å². The number of halogens is 2. The van der Waals surface area contributed by atoms with Gasteiger partial charge in [0.1, 0.15) is 0 Å². The number of aryl methyl sites for hydroxylation is 2. The summed E-state index contributed by atoms with van der Waals surface area (Å²) in [4.78, 5) is 12.3. The highest BCUT2D eigenvalue weighted by Crippen LogP contribution is 2.16. The van der Waals surface area contributed by atoms with Gasteiger partial charge in [-0.1, -0.05) is 23.8 Å². The van der Waals surface area contributed by atoms with E-state index >= 15 is 0 Å². The van der Waals surface area contributed by atoms with Crippen LogP contribution in [-0.4, -0.2) is 15.7 Å². The maximum atomic E-state index is 13.1. The first-order valence-corrected chi connectivity index (χ1v) is 7.64. The van der Waals surface area contributed by atoms with Crippen molar-refractivity contribution in [3.63, 3.8) is 0 Å². The predicted molar refractivity (Wildman–Crippen MR) is 77.9 cm³/mol. The van der Waals surface area contributed by atoms with Crippen LogP contribution < -0.4 is 0 Å². The van der Waals surface area contributed by atoms with Crippen LogP contribution in [0.3, 0.4) is 0 Å². The van der Waals surface area contributed by atoms with Gasteiger partial charge < -0.3 is 0 Å². The molecular weight excluding hydrogens is 294 g/mol. The molecule has 0 heterocycles. The summed E-state index contributed by atoms with van der Waals surface area (Å²) in [5.74, 6) is -2.61. The van der Waals surface area contributed by atoms with Crippen LogP contribution in [0.2, 0.25) is 0 Å². The van der Waals surface area contributed by atoms with Crippen LogP contribution in [0.1, 0.15) is 21.5 Å². The molecule has 0 aromatic heterocycles. The quantitative estimate of drug-likeness (QED) is 0.809. The molecule has 0 spiro atoms. The molecule has 0 bridgehead atoms.